The number of para-hydroxylation sites is 10. The number of halogens is 1. The number of nitrogens with zero attached hydrogens (tertiary/aromatic N) is 6. The van der Waals surface area contributed by atoms with Crippen molar-refractivity contribution >= 4 is 147 Å². The third-order valence-electron chi connectivity index (χ3n) is 23.5. The number of rotatable bonds is 15. The summed E-state index contributed by atoms with van der Waals surface area (Å²) in [7, 11) is -4.21. The summed E-state index contributed by atoms with van der Waals surface area (Å²) in [6, 6.07) is 156. The number of aromatic nitrogens is 4. The van der Waals surface area contributed by atoms with E-state index in [1.165, 1.54) is 16.3 Å². The van der Waals surface area contributed by atoms with Gasteiger partial charge >= 0.3 is 10.1 Å². The molecule has 4 aromatic heterocycles. The maximum atomic E-state index is 14.0. The van der Waals surface area contributed by atoms with Gasteiger partial charge in [-0.25, -0.2) is 0 Å². The Morgan fingerprint density at radius 2 is 0.550 bits per heavy atom. The lowest BCUT2D eigenvalue weighted by atomic mass is 10.0. The number of hydrogen-bond donors (Lipinski definition) is 3. The maximum Gasteiger partial charge on any atom is 0.339 e. The fraction of sp³-hybridized carbons (Fsp3) is 0.00870. The van der Waals surface area contributed by atoms with E-state index < -0.39 is 10.1 Å². The van der Waals surface area contributed by atoms with Gasteiger partial charge in [0.05, 0.1) is 60.0 Å². The van der Waals surface area contributed by atoms with E-state index in [9.17, 15) is 23.7 Å². The zero-order chi connectivity index (χ0) is 87.5. The predicted octanol–water partition coefficient (Wildman–Crippen LogP) is 30.4. The number of aryl methyl sites for hydroxylation is 1. The molecular formula is C115H83BrN6O6S. The van der Waals surface area contributed by atoms with Crippen molar-refractivity contribution in [3.05, 3.63) is 477 Å². The lowest BCUT2D eigenvalue weighted by Crippen LogP contribution is -2.15. The fourth-order valence-corrected chi connectivity index (χ4v) is 18.8. The van der Waals surface area contributed by atoms with Gasteiger partial charge in [-0.15, -0.1) is 0 Å². The van der Waals surface area contributed by atoms with Crippen LogP contribution >= 0.6 is 15.9 Å². The molecule has 0 fully saturated rings. The molecule has 0 aliphatic heterocycles. The van der Waals surface area contributed by atoms with Crippen LogP contribution in [0.2, 0.25) is 0 Å². The second-order valence-electron chi connectivity index (χ2n) is 31.5. The van der Waals surface area contributed by atoms with Crippen LogP contribution < -0.4 is 14.0 Å². The first-order valence-electron chi connectivity index (χ1n) is 42.6. The first-order valence-corrected chi connectivity index (χ1v) is 44.8. The minimum absolute atomic E-state index is 0.0891. The van der Waals surface area contributed by atoms with Gasteiger partial charge < -0.3 is 47.6 Å². The summed E-state index contributed by atoms with van der Waals surface area (Å²) in [4.78, 5) is 4.27. The highest BCUT2D eigenvalue weighted by molar-refractivity contribution is 9.10. The van der Waals surface area contributed by atoms with Crippen LogP contribution in [0.3, 0.4) is 0 Å². The van der Waals surface area contributed by atoms with Crippen molar-refractivity contribution in [2.75, 3.05) is 9.80 Å². The van der Waals surface area contributed by atoms with Crippen LogP contribution in [0.15, 0.2) is 476 Å². The van der Waals surface area contributed by atoms with Gasteiger partial charge in [0.1, 0.15) is 22.1 Å². The van der Waals surface area contributed by atoms with Gasteiger partial charge in [0.2, 0.25) is 0 Å². The first kappa shape index (κ1) is 81.0. The Morgan fingerprint density at radius 1 is 0.256 bits per heavy atom. The average Bonchev–Trinajstić information content (AvgIpc) is 1.61. The lowest BCUT2D eigenvalue weighted by Gasteiger charge is -2.27. The molecule has 0 radical (unpaired) electrons. The van der Waals surface area contributed by atoms with E-state index in [0.29, 0.717) is 10.2 Å². The Labute approximate surface area is 754 Å². The summed E-state index contributed by atoms with van der Waals surface area (Å²) < 4.78 is 43.6. The smallest absolute Gasteiger partial charge is 0.339 e. The Kier molecular flexibility index (Phi) is 22.2. The molecule has 0 aliphatic carbocycles. The van der Waals surface area contributed by atoms with Gasteiger partial charge in [-0.2, -0.15) is 8.42 Å². The molecule has 3 N–H and O–H groups in total. The van der Waals surface area contributed by atoms with Crippen molar-refractivity contribution in [3.63, 3.8) is 0 Å². The van der Waals surface area contributed by atoms with Crippen molar-refractivity contribution in [1.29, 1.82) is 0 Å². The number of phenolic OH excluding ortho intramolecular Hbond substituents is 3. The largest absolute Gasteiger partial charge is 0.508 e. The molecule has 23 rings (SSSR count). The van der Waals surface area contributed by atoms with Crippen LogP contribution in [0.4, 0.5) is 34.1 Å². The molecule has 4 heterocycles. The van der Waals surface area contributed by atoms with E-state index in [2.05, 4.69) is 250 Å². The van der Waals surface area contributed by atoms with Crippen molar-refractivity contribution in [3.8, 4) is 68.0 Å². The van der Waals surface area contributed by atoms with E-state index in [4.69, 9.17) is 4.18 Å². The van der Waals surface area contributed by atoms with E-state index in [0.717, 1.165) is 150 Å². The molecule has 19 aromatic carbocycles. The van der Waals surface area contributed by atoms with Gasteiger partial charge in [0.15, 0.2) is 5.75 Å². The fourth-order valence-electron chi connectivity index (χ4n) is 17.5. The molecule has 12 nitrogen and oxygen atoms in total. The highest BCUT2D eigenvalue weighted by Gasteiger charge is 2.28. The molecule has 0 spiro atoms. The van der Waals surface area contributed by atoms with E-state index in [1.54, 1.807) is 30.3 Å². The van der Waals surface area contributed by atoms with Crippen LogP contribution in [-0.4, -0.2) is 42.0 Å². The molecule has 14 heteroatoms. The second-order valence-corrected chi connectivity index (χ2v) is 33.9. The molecule has 23 aromatic rings. The summed E-state index contributed by atoms with van der Waals surface area (Å²) in [5, 5.41) is 40.3. The van der Waals surface area contributed by atoms with Gasteiger partial charge in [0.25, 0.3) is 0 Å². The molecule has 129 heavy (non-hydrogen) atoms. The van der Waals surface area contributed by atoms with Crippen LogP contribution in [0, 0.1) is 6.92 Å². The van der Waals surface area contributed by atoms with Crippen molar-refractivity contribution < 1.29 is 27.9 Å². The molecule has 0 amide bonds. The zero-order valence-electron chi connectivity index (χ0n) is 70.0. The Hall–Kier alpha value is -16.4. The SMILES string of the molecule is Cc1ccc(S(=O)(=O)Oc2cc3c(cc2N(c2ccccc2)c2ccc(-c4ccccc4)cc2)c2ccccc2n3-c2ccccc2)cc1.Oc1cc2c(cc1Br)c1ccccc1n2-c1ccccc1.Oc1cc2c(cc1N(c1ccccc1)c1ccc(-c3ccccc3)cc1)c1ccccc1n2-c1ccccc1.Oc1ccc2c3ccccc3n(-c3ccccc3)c2c1. The molecule has 0 unspecified atom stereocenters. The standard InChI is InChI=1S/C43H32N2O3S.C36H26N2O.C18H12BrNO.C18H13NO/c1-31-21-27-37(28-22-31)49(46,47)48-43-30-41-39(38-19-11-12-20-40(38)45(41)35-17-9-4-10-18-35)29-42(43)44(34-15-7-3-8-16-34)36-25-23-33(24-26-36)32-13-5-2-6-14-32;39-36-25-34-32(31-18-10-11-19-33(31)38(34)29-16-8-3-9-17-29)24-35(36)37(28-14-6-2-7-15-28)30-22-20-27(21-23-30)26-12-4-1-5-13-26;19-15-10-14-13-8-4-5-9-16(13)20(17(14)11-18(15)21)12-6-2-1-3-7-12;20-14-10-11-16-15-8-4-5-9-17(15)19(18(16)12-14)13-6-2-1-3-7-13/h2-30H,1H3;1-25,39H;1-11,21H;1-12,20H. The van der Waals surface area contributed by atoms with Gasteiger partial charge in [-0.05, 0) is 209 Å². The summed E-state index contributed by atoms with van der Waals surface area (Å²) >= 11 is 3.41. The summed E-state index contributed by atoms with van der Waals surface area (Å²) in [6.45, 7) is 1.92. The minimum Gasteiger partial charge on any atom is -0.508 e. The number of fused-ring (bicyclic) bond motifs is 12. The van der Waals surface area contributed by atoms with E-state index in [1.807, 2.05) is 237 Å². The quantitative estimate of drug-likeness (QED) is 0.0866. The summed E-state index contributed by atoms with van der Waals surface area (Å²) in [5.74, 6) is 0.975. The van der Waals surface area contributed by atoms with Crippen molar-refractivity contribution in [2.45, 2.75) is 11.8 Å². The van der Waals surface area contributed by atoms with Crippen molar-refractivity contribution in [2.24, 2.45) is 0 Å². The molecule has 0 bridgehead atoms. The third kappa shape index (κ3) is 16.0. The van der Waals surface area contributed by atoms with E-state index in [-0.39, 0.29) is 27.9 Å². The number of hydrogen-bond acceptors (Lipinski definition) is 8. The topological polar surface area (TPSA) is 130 Å². The van der Waals surface area contributed by atoms with Crippen molar-refractivity contribution in [1.82, 2.24) is 18.3 Å². The highest BCUT2D eigenvalue weighted by atomic mass is 79.9. The maximum absolute atomic E-state index is 14.0. The molecular weight excluding hydrogens is 1670 g/mol. The summed E-state index contributed by atoms with van der Waals surface area (Å²) in [6.07, 6.45) is 0. The highest BCUT2D eigenvalue weighted by Crippen LogP contribution is 2.49. The van der Waals surface area contributed by atoms with Crippen LogP contribution in [0.1, 0.15) is 5.56 Å². The van der Waals surface area contributed by atoms with Gasteiger partial charge in [-0.3, -0.25) is 0 Å². The predicted molar refractivity (Wildman–Crippen MR) is 535 cm³/mol. The lowest BCUT2D eigenvalue weighted by molar-refractivity contribution is 0.472. The normalized spacial score (nSPS) is 11.3. The zero-order valence-corrected chi connectivity index (χ0v) is 72.4. The van der Waals surface area contributed by atoms with Crippen LogP contribution in [0.25, 0.3) is 132 Å². The van der Waals surface area contributed by atoms with E-state index >= 15 is 0 Å². The monoisotopic (exact) mass is 1750 g/mol. The Balaban J connectivity index is 0.000000115. The average molecular weight is 1760 g/mol. The van der Waals surface area contributed by atoms with Gasteiger partial charge in [0, 0.05) is 113 Å². The first-order chi connectivity index (χ1) is 63.3. The molecule has 622 valence electrons. The second kappa shape index (κ2) is 35.3. The third-order valence-corrected chi connectivity index (χ3v) is 25.3. The Bertz CT molecular complexity index is 8110. The molecule has 0 saturated heterocycles. The number of benzene rings is 19. The summed E-state index contributed by atoms with van der Waals surface area (Å²) in [5.41, 5.74) is 22.9. The van der Waals surface area contributed by atoms with Crippen LogP contribution in [-0.2, 0) is 10.1 Å². The number of phenols is 3. The van der Waals surface area contributed by atoms with Crippen LogP contribution in [0.5, 0.6) is 23.0 Å². The molecule has 0 saturated carbocycles. The Morgan fingerprint density at radius 3 is 0.953 bits per heavy atom. The molecule has 0 atom stereocenters. The van der Waals surface area contributed by atoms with Gasteiger partial charge in [-0.1, -0.05) is 285 Å². The number of anilines is 6. The molecule has 0 aliphatic rings. The number of aromatic hydroxyl groups is 3. The minimum atomic E-state index is -4.21.